The molecule has 0 spiro atoms. The highest BCUT2D eigenvalue weighted by Gasteiger charge is 2.08. The Bertz CT molecular complexity index is 339. The molecule has 0 fully saturated rings. The Morgan fingerprint density at radius 1 is 0.950 bits per heavy atom. The second-order valence-corrected chi connectivity index (χ2v) is 5.79. The van der Waals surface area contributed by atoms with Crippen LogP contribution in [0.5, 0.6) is 0 Å². The van der Waals surface area contributed by atoms with E-state index in [-0.39, 0.29) is 6.42 Å². The van der Waals surface area contributed by atoms with Crippen LogP contribution in [0, 0.1) is 0 Å². The third-order valence-electron chi connectivity index (χ3n) is 2.80. The molecule has 0 amide bonds. The highest BCUT2D eigenvalue weighted by molar-refractivity contribution is 7.80. The molecular formula is C13H26O6S. The fourth-order valence-electron chi connectivity index (χ4n) is 1.72. The van der Waals surface area contributed by atoms with Crippen molar-refractivity contribution in [3.05, 3.63) is 0 Å². The maximum Gasteiger partial charge on any atom is 0.397 e. The number of carbonyl (C=O) groups excluding carboxylic acids is 1. The van der Waals surface area contributed by atoms with Gasteiger partial charge in [-0.2, -0.15) is 8.42 Å². The Morgan fingerprint density at radius 3 is 2.05 bits per heavy atom. The van der Waals surface area contributed by atoms with Crippen LogP contribution in [0.3, 0.4) is 0 Å². The van der Waals surface area contributed by atoms with Crippen molar-refractivity contribution in [1.29, 1.82) is 0 Å². The number of ether oxygens (including phenoxy) is 1. The fourth-order valence-corrected chi connectivity index (χ4v) is 2.02. The highest BCUT2D eigenvalue weighted by Crippen LogP contribution is 2.08. The molecule has 7 heteroatoms. The number of unbranched alkanes of at least 4 members (excludes halogenated alkanes) is 7. The second-order valence-electron chi connectivity index (χ2n) is 4.70. The SMILES string of the molecule is CCCCCCCCCCOC(=O)CCOS(=O)(=O)O. The summed E-state index contributed by atoms with van der Waals surface area (Å²) in [4.78, 5) is 11.2. The van der Waals surface area contributed by atoms with E-state index in [1.807, 2.05) is 0 Å². The molecule has 0 atom stereocenters. The van der Waals surface area contributed by atoms with Crippen molar-refractivity contribution in [1.82, 2.24) is 0 Å². The van der Waals surface area contributed by atoms with Crippen molar-refractivity contribution in [2.75, 3.05) is 13.2 Å². The molecule has 0 unspecified atom stereocenters. The fraction of sp³-hybridized carbons (Fsp3) is 0.923. The lowest BCUT2D eigenvalue weighted by molar-refractivity contribution is -0.144. The minimum absolute atomic E-state index is 0.184. The molecule has 0 bridgehead atoms. The summed E-state index contributed by atoms with van der Waals surface area (Å²) in [6.07, 6.45) is 9.13. The molecule has 0 aliphatic rings. The zero-order chi connectivity index (χ0) is 15.3. The van der Waals surface area contributed by atoms with Gasteiger partial charge < -0.3 is 4.74 Å². The minimum Gasteiger partial charge on any atom is -0.466 e. The normalized spacial score (nSPS) is 11.5. The first-order chi connectivity index (χ1) is 9.45. The van der Waals surface area contributed by atoms with Gasteiger partial charge in [-0.25, -0.2) is 4.18 Å². The van der Waals surface area contributed by atoms with Crippen molar-refractivity contribution in [2.45, 2.75) is 64.7 Å². The zero-order valence-electron chi connectivity index (χ0n) is 12.2. The summed E-state index contributed by atoms with van der Waals surface area (Å²) in [5.41, 5.74) is 0. The third kappa shape index (κ3) is 15.4. The monoisotopic (exact) mass is 310 g/mol. The van der Waals surface area contributed by atoms with E-state index < -0.39 is 23.0 Å². The van der Waals surface area contributed by atoms with Crippen LogP contribution >= 0.6 is 0 Å². The van der Waals surface area contributed by atoms with E-state index in [1.165, 1.54) is 32.1 Å². The molecule has 0 saturated heterocycles. The van der Waals surface area contributed by atoms with Crippen LogP contribution in [0.4, 0.5) is 0 Å². The van der Waals surface area contributed by atoms with E-state index >= 15 is 0 Å². The van der Waals surface area contributed by atoms with Crippen molar-refractivity contribution >= 4 is 16.4 Å². The molecule has 1 N–H and O–H groups in total. The molecule has 0 aromatic rings. The van der Waals surface area contributed by atoms with Crippen LogP contribution in [0.15, 0.2) is 0 Å². The number of hydrogen-bond acceptors (Lipinski definition) is 5. The summed E-state index contributed by atoms with van der Waals surface area (Å²) in [6, 6.07) is 0. The topological polar surface area (TPSA) is 89.9 Å². The van der Waals surface area contributed by atoms with Gasteiger partial charge in [-0.1, -0.05) is 51.9 Å². The zero-order valence-corrected chi connectivity index (χ0v) is 13.0. The van der Waals surface area contributed by atoms with E-state index in [2.05, 4.69) is 11.1 Å². The first-order valence-electron chi connectivity index (χ1n) is 7.23. The minimum atomic E-state index is -4.47. The average Bonchev–Trinajstić information content (AvgIpc) is 2.35. The Balaban J connectivity index is 3.27. The van der Waals surface area contributed by atoms with Gasteiger partial charge >= 0.3 is 16.4 Å². The average molecular weight is 310 g/mol. The van der Waals surface area contributed by atoms with Crippen LogP contribution in [-0.2, 0) is 24.1 Å². The van der Waals surface area contributed by atoms with Crippen LogP contribution in [0.25, 0.3) is 0 Å². The molecule has 0 rings (SSSR count). The van der Waals surface area contributed by atoms with Crippen LogP contribution in [0.2, 0.25) is 0 Å². The van der Waals surface area contributed by atoms with Gasteiger partial charge in [0, 0.05) is 0 Å². The first kappa shape index (κ1) is 19.3. The van der Waals surface area contributed by atoms with E-state index in [1.54, 1.807) is 0 Å². The van der Waals surface area contributed by atoms with Gasteiger partial charge in [0.15, 0.2) is 0 Å². The molecular weight excluding hydrogens is 284 g/mol. The molecule has 0 aliphatic carbocycles. The Kier molecular flexibility index (Phi) is 11.7. The van der Waals surface area contributed by atoms with E-state index in [0.717, 1.165) is 19.3 Å². The van der Waals surface area contributed by atoms with Gasteiger partial charge in [0.1, 0.15) is 0 Å². The van der Waals surface area contributed by atoms with Crippen molar-refractivity contribution in [3.63, 3.8) is 0 Å². The predicted octanol–water partition coefficient (Wildman–Crippen LogP) is 2.88. The predicted molar refractivity (Wildman–Crippen MR) is 75.7 cm³/mol. The summed E-state index contributed by atoms with van der Waals surface area (Å²) < 4.78 is 37.6. The van der Waals surface area contributed by atoms with Crippen molar-refractivity contribution in [2.24, 2.45) is 0 Å². The molecule has 0 radical (unpaired) electrons. The number of hydrogen-bond donors (Lipinski definition) is 1. The number of carbonyl (C=O) groups is 1. The van der Waals surface area contributed by atoms with Crippen molar-refractivity contribution in [3.8, 4) is 0 Å². The third-order valence-corrected chi connectivity index (χ3v) is 3.26. The molecule has 0 aromatic heterocycles. The Morgan fingerprint density at radius 2 is 1.50 bits per heavy atom. The summed E-state index contributed by atoms with van der Waals surface area (Å²) in [5.74, 6) is -0.517. The van der Waals surface area contributed by atoms with Gasteiger partial charge in [-0.3, -0.25) is 9.35 Å². The van der Waals surface area contributed by atoms with Crippen molar-refractivity contribution < 1.29 is 26.7 Å². The van der Waals surface area contributed by atoms with Gasteiger partial charge in [0.25, 0.3) is 0 Å². The maximum atomic E-state index is 11.2. The largest absolute Gasteiger partial charge is 0.466 e. The Hall–Kier alpha value is -0.660. The quantitative estimate of drug-likeness (QED) is 0.319. The molecule has 20 heavy (non-hydrogen) atoms. The Labute approximate surface area is 121 Å². The standard InChI is InChI=1S/C13H26O6S/c1-2-3-4-5-6-7-8-9-11-18-13(14)10-12-19-20(15,16)17/h2-12H2,1H3,(H,15,16,17). The molecule has 0 heterocycles. The summed E-state index contributed by atoms with van der Waals surface area (Å²) in [5, 5.41) is 0. The van der Waals surface area contributed by atoms with Gasteiger partial charge in [0.2, 0.25) is 0 Å². The molecule has 6 nitrogen and oxygen atoms in total. The van der Waals surface area contributed by atoms with E-state index in [0.29, 0.717) is 6.61 Å². The lowest BCUT2D eigenvalue weighted by atomic mass is 10.1. The smallest absolute Gasteiger partial charge is 0.397 e. The summed E-state index contributed by atoms with van der Waals surface area (Å²) in [6.45, 7) is 2.14. The maximum absolute atomic E-state index is 11.2. The van der Waals surface area contributed by atoms with Gasteiger partial charge in [0.05, 0.1) is 19.6 Å². The lowest BCUT2D eigenvalue weighted by Crippen LogP contribution is -2.12. The number of rotatable bonds is 13. The van der Waals surface area contributed by atoms with Gasteiger partial charge in [-0.05, 0) is 6.42 Å². The van der Waals surface area contributed by atoms with E-state index in [9.17, 15) is 13.2 Å². The summed E-state index contributed by atoms with van der Waals surface area (Å²) in [7, 11) is -4.47. The molecule has 0 aliphatic heterocycles. The highest BCUT2D eigenvalue weighted by atomic mass is 32.3. The lowest BCUT2D eigenvalue weighted by Gasteiger charge is -2.04. The van der Waals surface area contributed by atoms with Crippen LogP contribution in [0.1, 0.15) is 64.7 Å². The first-order valence-corrected chi connectivity index (χ1v) is 8.59. The molecule has 0 aromatic carbocycles. The van der Waals surface area contributed by atoms with Gasteiger partial charge in [-0.15, -0.1) is 0 Å². The second kappa shape index (κ2) is 12.1. The van der Waals surface area contributed by atoms with E-state index in [4.69, 9.17) is 9.29 Å². The molecule has 120 valence electrons. The van der Waals surface area contributed by atoms with Crippen LogP contribution < -0.4 is 0 Å². The molecule has 0 saturated carbocycles. The van der Waals surface area contributed by atoms with Crippen LogP contribution in [-0.4, -0.2) is 32.2 Å². The summed E-state index contributed by atoms with van der Waals surface area (Å²) >= 11 is 0. The number of esters is 1.